The Labute approximate surface area is 110 Å². The van der Waals surface area contributed by atoms with Crippen molar-refractivity contribution in [3.63, 3.8) is 0 Å². The van der Waals surface area contributed by atoms with Gasteiger partial charge in [-0.15, -0.1) is 0 Å². The van der Waals surface area contributed by atoms with Crippen LogP contribution in [0.25, 0.3) is 0 Å². The average Bonchev–Trinajstić information content (AvgIpc) is 2.38. The standard InChI is InChI=1S/C14H27NO3/c1-3-15(10-11-18-4-2)12-14(13(16)17)8-6-5-7-9-14/h3-12H2,1-2H3,(H,16,17). The maximum absolute atomic E-state index is 11.6. The van der Waals surface area contributed by atoms with Crippen LogP contribution in [-0.4, -0.2) is 48.8 Å². The predicted octanol–water partition coefficient (Wildman–Crippen LogP) is 2.38. The molecule has 0 saturated heterocycles. The van der Waals surface area contributed by atoms with Gasteiger partial charge in [0.05, 0.1) is 12.0 Å². The quantitative estimate of drug-likeness (QED) is 0.678. The van der Waals surface area contributed by atoms with Crippen LogP contribution in [-0.2, 0) is 9.53 Å². The molecule has 0 radical (unpaired) electrons. The maximum Gasteiger partial charge on any atom is 0.310 e. The smallest absolute Gasteiger partial charge is 0.310 e. The number of carboxylic acid groups (broad SMARTS) is 1. The highest BCUT2D eigenvalue weighted by atomic mass is 16.5. The molecule has 4 heteroatoms. The molecule has 1 fully saturated rings. The van der Waals surface area contributed by atoms with Crippen molar-refractivity contribution < 1.29 is 14.6 Å². The SMILES string of the molecule is CCOCCN(CC)CC1(C(=O)O)CCCCC1. The Morgan fingerprint density at radius 2 is 1.94 bits per heavy atom. The average molecular weight is 257 g/mol. The predicted molar refractivity (Wildman–Crippen MR) is 71.8 cm³/mol. The lowest BCUT2D eigenvalue weighted by Gasteiger charge is -2.37. The minimum absolute atomic E-state index is 0.513. The van der Waals surface area contributed by atoms with Gasteiger partial charge in [-0.2, -0.15) is 0 Å². The van der Waals surface area contributed by atoms with Gasteiger partial charge in [-0.05, 0) is 26.3 Å². The second kappa shape index (κ2) is 7.74. The van der Waals surface area contributed by atoms with Gasteiger partial charge in [0.2, 0.25) is 0 Å². The molecule has 0 aliphatic heterocycles. The summed E-state index contributed by atoms with van der Waals surface area (Å²) in [6, 6.07) is 0. The molecule has 0 aromatic heterocycles. The van der Waals surface area contributed by atoms with Crippen molar-refractivity contribution in [2.45, 2.75) is 46.0 Å². The Bertz CT molecular complexity index is 249. The van der Waals surface area contributed by atoms with Crippen LogP contribution in [0.4, 0.5) is 0 Å². The van der Waals surface area contributed by atoms with E-state index in [9.17, 15) is 9.90 Å². The first-order valence-corrected chi connectivity index (χ1v) is 7.18. The Balaban J connectivity index is 2.54. The van der Waals surface area contributed by atoms with E-state index >= 15 is 0 Å². The van der Waals surface area contributed by atoms with Gasteiger partial charge in [0.1, 0.15) is 0 Å². The largest absolute Gasteiger partial charge is 0.481 e. The number of carboxylic acids is 1. The van der Waals surface area contributed by atoms with Crippen molar-refractivity contribution in [1.82, 2.24) is 4.90 Å². The lowest BCUT2D eigenvalue weighted by atomic mass is 9.73. The fourth-order valence-corrected chi connectivity index (χ4v) is 2.78. The molecule has 4 nitrogen and oxygen atoms in total. The molecule has 1 aliphatic rings. The lowest BCUT2D eigenvalue weighted by molar-refractivity contribution is -0.152. The molecular weight excluding hydrogens is 230 g/mol. The van der Waals surface area contributed by atoms with Crippen LogP contribution in [0.3, 0.4) is 0 Å². The summed E-state index contributed by atoms with van der Waals surface area (Å²) in [6.07, 6.45) is 4.94. The maximum atomic E-state index is 11.6. The van der Waals surface area contributed by atoms with Gasteiger partial charge >= 0.3 is 5.97 Å². The minimum atomic E-state index is -0.614. The Morgan fingerprint density at radius 3 is 2.44 bits per heavy atom. The van der Waals surface area contributed by atoms with Crippen LogP contribution in [0, 0.1) is 5.41 Å². The third-order valence-electron chi connectivity index (χ3n) is 3.99. The third-order valence-corrected chi connectivity index (χ3v) is 3.99. The van der Waals surface area contributed by atoms with E-state index in [1.165, 1.54) is 6.42 Å². The highest BCUT2D eigenvalue weighted by Crippen LogP contribution is 2.37. The van der Waals surface area contributed by atoms with E-state index in [0.717, 1.165) is 45.4 Å². The monoisotopic (exact) mass is 257 g/mol. The molecule has 0 heterocycles. The van der Waals surface area contributed by atoms with Crippen molar-refractivity contribution in [3.05, 3.63) is 0 Å². The van der Waals surface area contributed by atoms with Gasteiger partial charge in [-0.3, -0.25) is 4.79 Å². The molecular formula is C14H27NO3. The molecule has 106 valence electrons. The zero-order valence-corrected chi connectivity index (χ0v) is 11.8. The number of hydrogen-bond donors (Lipinski definition) is 1. The second-order valence-electron chi connectivity index (χ2n) is 5.21. The van der Waals surface area contributed by atoms with E-state index in [1.54, 1.807) is 0 Å². The second-order valence-corrected chi connectivity index (χ2v) is 5.21. The molecule has 1 rings (SSSR count). The van der Waals surface area contributed by atoms with Crippen LogP contribution < -0.4 is 0 Å². The van der Waals surface area contributed by atoms with Crippen LogP contribution >= 0.6 is 0 Å². The Kier molecular flexibility index (Phi) is 6.65. The topological polar surface area (TPSA) is 49.8 Å². The number of nitrogens with zero attached hydrogens (tertiary/aromatic N) is 1. The highest BCUT2D eigenvalue weighted by Gasteiger charge is 2.40. The number of ether oxygens (including phenoxy) is 1. The van der Waals surface area contributed by atoms with Gasteiger partial charge < -0.3 is 14.7 Å². The van der Waals surface area contributed by atoms with E-state index in [2.05, 4.69) is 11.8 Å². The van der Waals surface area contributed by atoms with Gasteiger partial charge in [0, 0.05) is 19.7 Å². The van der Waals surface area contributed by atoms with Gasteiger partial charge in [0.25, 0.3) is 0 Å². The zero-order valence-electron chi connectivity index (χ0n) is 11.8. The summed E-state index contributed by atoms with van der Waals surface area (Å²) in [5, 5.41) is 9.55. The first-order valence-electron chi connectivity index (χ1n) is 7.18. The van der Waals surface area contributed by atoms with Crippen LogP contribution in [0.1, 0.15) is 46.0 Å². The number of likely N-dealkylation sites (N-methyl/N-ethyl adjacent to an activating group) is 1. The van der Waals surface area contributed by atoms with Crippen LogP contribution in [0.2, 0.25) is 0 Å². The number of aliphatic carboxylic acids is 1. The van der Waals surface area contributed by atoms with Gasteiger partial charge in [0.15, 0.2) is 0 Å². The fraction of sp³-hybridized carbons (Fsp3) is 0.929. The molecule has 18 heavy (non-hydrogen) atoms. The van der Waals surface area contributed by atoms with E-state index in [-0.39, 0.29) is 0 Å². The third kappa shape index (κ3) is 4.25. The van der Waals surface area contributed by atoms with Crippen molar-refractivity contribution in [3.8, 4) is 0 Å². The van der Waals surface area contributed by atoms with E-state index in [1.807, 2.05) is 6.92 Å². The molecule has 0 spiro atoms. The molecule has 0 aromatic rings. The van der Waals surface area contributed by atoms with Crippen molar-refractivity contribution in [1.29, 1.82) is 0 Å². The van der Waals surface area contributed by atoms with E-state index < -0.39 is 11.4 Å². The first-order chi connectivity index (χ1) is 8.64. The molecule has 0 atom stereocenters. The first kappa shape index (κ1) is 15.4. The summed E-state index contributed by atoms with van der Waals surface area (Å²) in [7, 11) is 0. The van der Waals surface area contributed by atoms with E-state index in [4.69, 9.17) is 4.74 Å². The summed E-state index contributed by atoms with van der Waals surface area (Å²) < 4.78 is 5.36. The minimum Gasteiger partial charge on any atom is -0.481 e. The van der Waals surface area contributed by atoms with Crippen molar-refractivity contribution in [2.24, 2.45) is 5.41 Å². The number of hydrogen-bond acceptors (Lipinski definition) is 3. The summed E-state index contributed by atoms with van der Waals surface area (Å²) in [6.45, 7) is 7.88. The molecule has 0 aromatic carbocycles. The van der Waals surface area contributed by atoms with Crippen molar-refractivity contribution >= 4 is 5.97 Å². The van der Waals surface area contributed by atoms with Crippen LogP contribution in [0.5, 0.6) is 0 Å². The highest BCUT2D eigenvalue weighted by molar-refractivity contribution is 5.75. The summed E-state index contributed by atoms with van der Waals surface area (Å²) >= 11 is 0. The molecule has 1 N–H and O–H groups in total. The summed E-state index contributed by atoms with van der Waals surface area (Å²) in [4.78, 5) is 13.8. The summed E-state index contributed by atoms with van der Waals surface area (Å²) in [5.74, 6) is -0.614. The lowest BCUT2D eigenvalue weighted by Crippen LogP contribution is -2.45. The Hall–Kier alpha value is -0.610. The number of carbonyl (C=O) groups is 1. The molecule has 0 bridgehead atoms. The van der Waals surface area contributed by atoms with Gasteiger partial charge in [-0.25, -0.2) is 0 Å². The normalized spacial score (nSPS) is 19.1. The fourth-order valence-electron chi connectivity index (χ4n) is 2.78. The molecule has 1 saturated carbocycles. The van der Waals surface area contributed by atoms with Crippen molar-refractivity contribution in [2.75, 3.05) is 32.8 Å². The number of rotatable bonds is 8. The molecule has 0 unspecified atom stereocenters. The van der Waals surface area contributed by atoms with Crippen LogP contribution in [0.15, 0.2) is 0 Å². The van der Waals surface area contributed by atoms with E-state index in [0.29, 0.717) is 13.2 Å². The van der Waals surface area contributed by atoms with Gasteiger partial charge in [-0.1, -0.05) is 26.2 Å². The Morgan fingerprint density at radius 1 is 1.28 bits per heavy atom. The zero-order chi connectivity index (χ0) is 13.4. The summed E-state index contributed by atoms with van der Waals surface area (Å²) in [5.41, 5.74) is -0.513. The molecule has 0 amide bonds. The molecule has 1 aliphatic carbocycles.